The van der Waals surface area contributed by atoms with E-state index in [0.717, 1.165) is 6.54 Å². The molecular weight excluding hydrogens is 150 g/mol. The first-order chi connectivity index (χ1) is 5.86. The Morgan fingerprint density at radius 1 is 1.75 bits per heavy atom. The van der Waals surface area contributed by atoms with E-state index in [0.29, 0.717) is 6.04 Å². The molecule has 2 rings (SSSR count). The number of hydrogen-bond acceptors (Lipinski definition) is 2. The zero-order valence-electron chi connectivity index (χ0n) is 7.45. The Bertz CT molecular complexity index is 248. The molecule has 0 unspecified atom stereocenters. The van der Waals surface area contributed by atoms with Crippen LogP contribution >= 0.6 is 0 Å². The number of aryl methyl sites for hydroxylation is 1. The van der Waals surface area contributed by atoms with E-state index in [1.54, 1.807) is 0 Å². The monoisotopic (exact) mass is 165 g/mol. The van der Waals surface area contributed by atoms with Crippen molar-refractivity contribution in [2.75, 3.05) is 6.54 Å². The zero-order valence-corrected chi connectivity index (χ0v) is 7.45. The largest absolute Gasteiger partial charge is 0.312 e. The number of nitrogens with zero attached hydrogens (tertiary/aromatic N) is 2. The molecule has 1 fully saturated rings. The normalized spacial score (nSPS) is 23.2. The van der Waals surface area contributed by atoms with E-state index < -0.39 is 0 Å². The van der Waals surface area contributed by atoms with Crippen LogP contribution in [0.3, 0.4) is 0 Å². The van der Waals surface area contributed by atoms with Crippen molar-refractivity contribution in [1.29, 1.82) is 0 Å². The van der Waals surface area contributed by atoms with Crippen molar-refractivity contribution in [3.8, 4) is 0 Å². The molecule has 0 aliphatic carbocycles. The van der Waals surface area contributed by atoms with Gasteiger partial charge in [-0.3, -0.25) is 4.68 Å². The van der Waals surface area contributed by atoms with E-state index in [4.69, 9.17) is 0 Å². The third-order valence-electron chi connectivity index (χ3n) is 2.48. The summed E-state index contributed by atoms with van der Waals surface area (Å²) in [5.41, 5.74) is 1.25. The van der Waals surface area contributed by atoms with E-state index in [-0.39, 0.29) is 0 Å². The fraction of sp³-hybridized carbons (Fsp3) is 0.667. The third kappa shape index (κ3) is 1.50. The van der Waals surface area contributed by atoms with Gasteiger partial charge in [0, 0.05) is 17.9 Å². The Morgan fingerprint density at radius 3 is 3.25 bits per heavy atom. The molecule has 0 bridgehead atoms. The number of hydrogen-bond donors (Lipinski definition) is 1. The molecule has 1 N–H and O–H groups in total. The maximum atomic E-state index is 4.26. The van der Waals surface area contributed by atoms with Gasteiger partial charge < -0.3 is 5.32 Å². The quantitative estimate of drug-likeness (QED) is 0.707. The Labute approximate surface area is 72.8 Å². The summed E-state index contributed by atoms with van der Waals surface area (Å²) in [6.45, 7) is 4.30. The summed E-state index contributed by atoms with van der Waals surface area (Å²) in [4.78, 5) is 0. The lowest BCUT2D eigenvalue weighted by atomic mass is 10.2. The number of aromatic nitrogens is 2. The maximum Gasteiger partial charge on any atom is 0.0565 e. The van der Waals surface area contributed by atoms with Gasteiger partial charge in [-0.05, 0) is 32.4 Å². The van der Waals surface area contributed by atoms with Crippen molar-refractivity contribution < 1.29 is 0 Å². The van der Waals surface area contributed by atoms with Gasteiger partial charge in [0.15, 0.2) is 0 Å². The lowest BCUT2D eigenvalue weighted by Gasteiger charge is -2.11. The number of nitrogens with one attached hydrogen (secondary N) is 1. The first-order valence-electron chi connectivity index (χ1n) is 4.58. The standard InChI is InChI=1S/C9H15N3/c1-8-4-6-11-12(8)7-9-3-2-5-10-9/h4,6,9-10H,2-3,5,7H2,1H3/t9-/m1/s1. The van der Waals surface area contributed by atoms with E-state index in [1.807, 2.05) is 6.20 Å². The molecule has 1 aromatic heterocycles. The van der Waals surface area contributed by atoms with Gasteiger partial charge in [0.25, 0.3) is 0 Å². The minimum Gasteiger partial charge on any atom is -0.312 e. The van der Waals surface area contributed by atoms with Crippen molar-refractivity contribution in [3.05, 3.63) is 18.0 Å². The molecule has 66 valence electrons. The van der Waals surface area contributed by atoms with Gasteiger partial charge in [-0.15, -0.1) is 0 Å². The summed E-state index contributed by atoms with van der Waals surface area (Å²) in [7, 11) is 0. The molecule has 12 heavy (non-hydrogen) atoms. The van der Waals surface area contributed by atoms with Crippen molar-refractivity contribution in [2.24, 2.45) is 0 Å². The lowest BCUT2D eigenvalue weighted by Crippen LogP contribution is -2.27. The predicted octanol–water partition coefficient (Wildman–Crippen LogP) is 0.944. The Hall–Kier alpha value is -0.830. The SMILES string of the molecule is Cc1ccnn1C[C@H]1CCCN1. The molecule has 0 radical (unpaired) electrons. The van der Waals surface area contributed by atoms with Gasteiger partial charge in [0.2, 0.25) is 0 Å². The molecule has 0 amide bonds. The smallest absolute Gasteiger partial charge is 0.0565 e. The Kier molecular flexibility index (Phi) is 2.13. The van der Waals surface area contributed by atoms with Crippen LogP contribution in [0.2, 0.25) is 0 Å². The molecule has 3 nitrogen and oxygen atoms in total. The molecule has 1 aliphatic heterocycles. The first-order valence-corrected chi connectivity index (χ1v) is 4.58. The second kappa shape index (κ2) is 3.27. The van der Waals surface area contributed by atoms with Gasteiger partial charge in [0.1, 0.15) is 0 Å². The highest BCUT2D eigenvalue weighted by Gasteiger charge is 2.14. The van der Waals surface area contributed by atoms with Crippen molar-refractivity contribution >= 4 is 0 Å². The van der Waals surface area contributed by atoms with Crippen molar-refractivity contribution in [3.63, 3.8) is 0 Å². The summed E-state index contributed by atoms with van der Waals surface area (Å²) >= 11 is 0. The fourth-order valence-electron chi connectivity index (χ4n) is 1.71. The van der Waals surface area contributed by atoms with Crippen LogP contribution in [0.15, 0.2) is 12.3 Å². The van der Waals surface area contributed by atoms with Crippen LogP contribution in [-0.2, 0) is 6.54 Å². The van der Waals surface area contributed by atoms with E-state index >= 15 is 0 Å². The van der Waals surface area contributed by atoms with Crippen LogP contribution in [0.25, 0.3) is 0 Å². The topological polar surface area (TPSA) is 29.9 Å². The molecule has 1 aromatic rings. The highest BCUT2D eigenvalue weighted by molar-refractivity contribution is 4.97. The molecule has 1 atom stereocenters. The summed E-state index contributed by atoms with van der Waals surface area (Å²) < 4.78 is 2.07. The molecule has 1 saturated heterocycles. The lowest BCUT2D eigenvalue weighted by molar-refractivity contribution is 0.469. The Morgan fingerprint density at radius 2 is 2.67 bits per heavy atom. The van der Waals surface area contributed by atoms with E-state index in [2.05, 4.69) is 28.1 Å². The van der Waals surface area contributed by atoms with Gasteiger partial charge in [-0.1, -0.05) is 0 Å². The summed E-state index contributed by atoms with van der Waals surface area (Å²) in [5, 5.41) is 7.72. The number of rotatable bonds is 2. The van der Waals surface area contributed by atoms with Gasteiger partial charge in [0.05, 0.1) is 6.54 Å². The van der Waals surface area contributed by atoms with Crippen LogP contribution in [-0.4, -0.2) is 22.4 Å². The highest BCUT2D eigenvalue weighted by Crippen LogP contribution is 2.08. The molecule has 0 aromatic carbocycles. The second-order valence-electron chi connectivity index (χ2n) is 3.45. The minimum absolute atomic E-state index is 0.642. The molecule has 3 heteroatoms. The second-order valence-corrected chi connectivity index (χ2v) is 3.45. The van der Waals surface area contributed by atoms with Gasteiger partial charge >= 0.3 is 0 Å². The van der Waals surface area contributed by atoms with Crippen molar-refractivity contribution in [1.82, 2.24) is 15.1 Å². The maximum absolute atomic E-state index is 4.26. The van der Waals surface area contributed by atoms with E-state index in [9.17, 15) is 0 Å². The predicted molar refractivity (Wildman–Crippen MR) is 48.0 cm³/mol. The third-order valence-corrected chi connectivity index (χ3v) is 2.48. The van der Waals surface area contributed by atoms with Gasteiger partial charge in [-0.25, -0.2) is 0 Å². The van der Waals surface area contributed by atoms with Crippen molar-refractivity contribution in [2.45, 2.75) is 32.4 Å². The van der Waals surface area contributed by atoms with E-state index in [1.165, 1.54) is 25.1 Å². The van der Waals surface area contributed by atoms with Crippen LogP contribution in [0, 0.1) is 6.92 Å². The minimum atomic E-state index is 0.642. The first kappa shape index (κ1) is 7.80. The Balaban J connectivity index is 1.98. The van der Waals surface area contributed by atoms with Crippen LogP contribution in [0.1, 0.15) is 18.5 Å². The highest BCUT2D eigenvalue weighted by atomic mass is 15.3. The summed E-state index contributed by atoms with van der Waals surface area (Å²) in [6.07, 6.45) is 4.47. The molecular formula is C9H15N3. The molecule has 0 spiro atoms. The average Bonchev–Trinajstić information content (AvgIpc) is 2.65. The molecule has 2 heterocycles. The molecule has 0 saturated carbocycles. The fourth-order valence-corrected chi connectivity index (χ4v) is 1.71. The summed E-state index contributed by atoms with van der Waals surface area (Å²) in [5.74, 6) is 0. The zero-order chi connectivity index (χ0) is 8.39. The van der Waals surface area contributed by atoms with Crippen LogP contribution < -0.4 is 5.32 Å². The van der Waals surface area contributed by atoms with Crippen LogP contribution in [0.5, 0.6) is 0 Å². The average molecular weight is 165 g/mol. The summed E-state index contributed by atoms with van der Waals surface area (Å²) in [6, 6.07) is 2.69. The molecule has 1 aliphatic rings. The van der Waals surface area contributed by atoms with Gasteiger partial charge in [-0.2, -0.15) is 5.10 Å². The van der Waals surface area contributed by atoms with Crippen LogP contribution in [0.4, 0.5) is 0 Å².